The molecular weight excluding hydrogens is 372 g/mol. The zero-order chi connectivity index (χ0) is 20.5. The number of hydrogen-bond donors (Lipinski definition) is 1. The highest BCUT2D eigenvalue weighted by atomic mass is 16.5. The molecule has 7 nitrogen and oxygen atoms in total. The van der Waals surface area contributed by atoms with Crippen LogP contribution in [-0.4, -0.2) is 31.7 Å². The second-order valence-electron chi connectivity index (χ2n) is 6.28. The highest BCUT2D eigenvalue weighted by Crippen LogP contribution is 2.30. The molecule has 7 heteroatoms. The molecule has 0 radical (unpaired) electrons. The molecule has 0 saturated carbocycles. The zero-order valence-corrected chi connectivity index (χ0v) is 15.7. The Hall–Kier alpha value is -3.79. The lowest BCUT2D eigenvalue weighted by molar-refractivity contribution is -0.142. The first-order chi connectivity index (χ1) is 14.1. The Labute approximate surface area is 168 Å². The molecule has 1 N–H and O–H groups in total. The summed E-state index contributed by atoms with van der Waals surface area (Å²) in [7, 11) is 0. The first-order valence-corrected chi connectivity index (χ1v) is 9.14. The van der Waals surface area contributed by atoms with E-state index in [2.05, 4.69) is 11.4 Å². The van der Waals surface area contributed by atoms with Crippen molar-refractivity contribution >= 4 is 23.6 Å². The van der Waals surface area contributed by atoms with Crippen LogP contribution >= 0.6 is 0 Å². The maximum atomic E-state index is 11.9. The predicted molar refractivity (Wildman–Crippen MR) is 106 cm³/mol. The van der Waals surface area contributed by atoms with E-state index in [0.29, 0.717) is 36.8 Å². The largest absolute Gasteiger partial charge is 0.490 e. The van der Waals surface area contributed by atoms with E-state index in [4.69, 9.17) is 19.5 Å². The summed E-state index contributed by atoms with van der Waals surface area (Å²) in [5.41, 5.74) is 2.18. The molecule has 2 aromatic rings. The molecule has 0 spiro atoms. The molecule has 2 aromatic carbocycles. The minimum Gasteiger partial charge on any atom is -0.490 e. The monoisotopic (exact) mass is 392 g/mol. The van der Waals surface area contributed by atoms with E-state index in [1.54, 1.807) is 48.5 Å². The number of benzene rings is 2. The van der Waals surface area contributed by atoms with E-state index in [-0.39, 0.29) is 0 Å². The van der Waals surface area contributed by atoms with E-state index in [0.717, 1.165) is 17.5 Å². The topological polar surface area (TPSA) is 97.7 Å². The van der Waals surface area contributed by atoms with Crippen molar-refractivity contribution in [3.05, 3.63) is 59.7 Å². The Morgan fingerprint density at radius 1 is 1.10 bits per heavy atom. The number of rotatable bonds is 6. The lowest BCUT2D eigenvalue weighted by Gasteiger charge is -2.07. The third-order valence-corrected chi connectivity index (χ3v) is 4.05. The fourth-order valence-corrected chi connectivity index (χ4v) is 2.63. The molecule has 0 aliphatic carbocycles. The van der Waals surface area contributed by atoms with Crippen molar-refractivity contribution in [2.45, 2.75) is 12.8 Å². The number of carbonyl (C=O) groups excluding carboxylic acids is 2. The summed E-state index contributed by atoms with van der Waals surface area (Å²) < 4.78 is 16.1. The van der Waals surface area contributed by atoms with Gasteiger partial charge in [0.05, 0.1) is 25.7 Å². The quantitative estimate of drug-likeness (QED) is 0.599. The molecule has 0 atom stereocenters. The number of ether oxygens (including phenoxy) is 3. The van der Waals surface area contributed by atoms with Crippen molar-refractivity contribution in [3.8, 4) is 17.6 Å². The van der Waals surface area contributed by atoms with Gasteiger partial charge in [-0.1, -0.05) is 18.2 Å². The molecule has 148 valence electrons. The van der Waals surface area contributed by atoms with Gasteiger partial charge >= 0.3 is 5.97 Å². The normalized spacial score (nSPS) is 12.7. The van der Waals surface area contributed by atoms with Crippen LogP contribution in [0.25, 0.3) is 6.08 Å². The van der Waals surface area contributed by atoms with Crippen LogP contribution in [0.5, 0.6) is 11.5 Å². The predicted octanol–water partition coefficient (Wildman–Crippen LogP) is 3.11. The summed E-state index contributed by atoms with van der Waals surface area (Å²) in [6.07, 6.45) is 3.96. The van der Waals surface area contributed by atoms with Gasteiger partial charge in [0, 0.05) is 18.2 Å². The number of fused-ring (bicyclic) bond motifs is 1. The van der Waals surface area contributed by atoms with Crippen molar-refractivity contribution in [3.63, 3.8) is 0 Å². The summed E-state index contributed by atoms with van der Waals surface area (Å²) in [5.74, 6) is 0.240. The number of nitrogens with zero attached hydrogens (tertiary/aromatic N) is 1. The summed E-state index contributed by atoms with van der Waals surface area (Å²) in [5, 5.41) is 11.3. The van der Waals surface area contributed by atoms with Gasteiger partial charge in [0.1, 0.15) is 0 Å². The van der Waals surface area contributed by atoms with Gasteiger partial charge < -0.3 is 19.5 Å². The molecule has 1 amide bonds. The van der Waals surface area contributed by atoms with Crippen LogP contribution < -0.4 is 14.8 Å². The lowest BCUT2D eigenvalue weighted by Crippen LogP contribution is -2.20. The van der Waals surface area contributed by atoms with Crippen molar-refractivity contribution in [1.82, 2.24) is 0 Å². The Bertz CT molecular complexity index is 945. The number of hydrogen-bond acceptors (Lipinski definition) is 6. The van der Waals surface area contributed by atoms with Crippen LogP contribution in [0.4, 0.5) is 5.69 Å². The second kappa shape index (κ2) is 9.95. The number of nitriles is 1. The molecular formula is C22H20N2O5. The Morgan fingerprint density at radius 3 is 2.62 bits per heavy atom. The van der Waals surface area contributed by atoms with E-state index in [1.807, 2.05) is 0 Å². The molecule has 1 aliphatic rings. The number of carbonyl (C=O) groups is 2. The van der Waals surface area contributed by atoms with Gasteiger partial charge in [-0.25, -0.2) is 4.79 Å². The Kier molecular flexibility index (Phi) is 6.85. The van der Waals surface area contributed by atoms with E-state index < -0.39 is 18.5 Å². The van der Waals surface area contributed by atoms with Crippen LogP contribution in [0.2, 0.25) is 0 Å². The van der Waals surface area contributed by atoms with Gasteiger partial charge in [-0.15, -0.1) is 0 Å². The molecule has 0 fully saturated rings. The van der Waals surface area contributed by atoms with Crippen LogP contribution in [-0.2, 0) is 20.7 Å². The van der Waals surface area contributed by atoms with Gasteiger partial charge in [0.15, 0.2) is 18.1 Å². The highest BCUT2D eigenvalue weighted by molar-refractivity contribution is 5.94. The highest BCUT2D eigenvalue weighted by Gasteiger charge is 2.10. The third kappa shape index (κ3) is 6.11. The van der Waals surface area contributed by atoms with Gasteiger partial charge in [-0.3, -0.25) is 4.79 Å². The van der Waals surface area contributed by atoms with E-state index >= 15 is 0 Å². The third-order valence-electron chi connectivity index (χ3n) is 4.05. The minimum atomic E-state index is -0.628. The average molecular weight is 392 g/mol. The van der Waals surface area contributed by atoms with Gasteiger partial charge in [0.2, 0.25) is 0 Å². The number of nitrogens with one attached hydrogen (secondary N) is 1. The van der Waals surface area contributed by atoms with Crippen molar-refractivity contribution < 1.29 is 23.8 Å². The van der Waals surface area contributed by atoms with E-state index in [9.17, 15) is 9.59 Å². The first-order valence-electron chi connectivity index (χ1n) is 9.14. The summed E-state index contributed by atoms with van der Waals surface area (Å²) >= 11 is 0. The number of esters is 1. The fraction of sp³-hybridized carbons (Fsp3) is 0.227. The van der Waals surface area contributed by atoms with Crippen molar-refractivity contribution in [2.75, 3.05) is 25.1 Å². The van der Waals surface area contributed by atoms with Crippen molar-refractivity contribution in [1.29, 1.82) is 5.26 Å². The van der Waals surface area contributed by atoms with E-state index in [1.165, 1.54) is 6.08 Å². The SMILES string of the molecule is N#CCc1ccc(NC(=O)COC(=O)/C=C/c2ccc3c(c2)OCCCO3)cc1. The lowest BCUT2D eigenvalue weighted by atomic mass is 10.1. The molecule has 1 aliphatic heterocycles. The summed E-state index contributed by atoms with van der Waals surface area (Å²) in [6, 6.07) is 14.3. The molecule has 0 aromatic heterocycles. The van der Waals surface area contributed by atoms with Gasteiger partial charge in [-0.2, -0.15) is 5.26 Å². The molecule has 0 bridgehead atoms. The zero-order valence-electron chi connectivity index (χ0n) is 15.7. The Morgan fingerprint density at radius 2 is 1.86 bits per heavy atom. The average Bonchev–Trinajstić information content (AvgIpc) is 2.97. The van der Waals surface area contributed by atoms with Crippen LogP contribution in [0.1, 0.15) is 17.5 Å². The van der Waals surface area contributed by atoms with Crippen LogP contribution in [0, 0.1) is 11.3 Å². The number of anilines is 1. The minimum absolute atomic E-state index is 0.307. The summed E-state index contributed by atoms with van der Waals surface area (Å²) in [6.45, 7) is 0.795. The molecule has 1 heterocycles. The standard InChI is InChI=1S/C22H20N2O5/c23-11-10-16-2-6-18(7-3-16)24-21(25)15-29-22(26)9-5-17-4-8-19-20(14-17)28-13-1-12-27-19/h2-9,14H,1,10,12-13,15H2,(H,24,25)/b9-5+. The molecule has 29 heavy (non-hydrogen) atoms. The van der Waals surface area contributed by atoms with Crippen LogP contribution in [0.3, 0.4) is 0 Å². The fourth-order valence-electron chi connectivity index (χ4n) is 2.63. The maximum Gasteiger partial charge on any atom is 0.331 e. The van der Waals surface area contributed by atoms with Gasteiger partial charge in [0.25, 0.3) is 5.91 Å². The molecule has 0 unspecified atom stereocenters. The smallest absolute Gasteiger partial charge is 0.331 e. The molecule has 0 saturated heterocycles. The maximum absolute atomic E-state index is 11.9. The summed E-state index contributed by atoms with van der Waals surface area (Å²) in [4.78, 5) is 23.8. The molecule has 3 rings (SSSR count). The van der Waals surface area contributed by atoms with Crippen molar-refractivity contribution in [2.24, 2.45) is 0 Å². The first kappa shape index (κ1) is 20.0. The van der Waals surface area contributed by atoms with Crippen LogP contribution in [0.15, 0.2) is 48.5 Å². The number of amides is 1. The second-order valence-corrected chi connectivity index (χ2v) is 6.28. The Balaban J connectivity index is 1.47. The van der Waals surface area contributed by atoms with Gasteiger partial charge in [-0.05, 0) is 41.5 Å².